The van der Waals surface area contributed by atoms with Gasteiger partial charge in [0.15, 0.2) is 9.84 Å². The van der Waals surface area contributed by atoms with Crippen LogP contribution in [0.3, 0.4) is 0 Å². The Morgan fingerprint density at radius 1 is 1.04 bits per heavy atom. The molecule has 0 spiro atoms. The van der Waals surface area contributed by atoms with E-state index in [2.05, 4.69) is 10.6 Å². The van der Waals surface area contributed by atoms with E-state index in [1.807, 2.05) is 0 Å². The number of hydrogen-bond donors (Lipinski definition) is 3. The van der Waals surface area contributed by atoms with Crippen molar-refractivity contribution in [1.82, 2.24) is 0 Å². The van der Waals surface area contributed by atoms with Gasteiger partial charge in [0, 0.05) is 12.6 Å². The third kappa shape index (κ3) is 5.06. The number of anilines is 2. The molecule has 0 fully saturated rings. The molecule has 0 aliphatic rings. The maximum Gasteiger partial charge on any atom is 0.228 e. The highest BCUT2D eigenvalue weighted by molar-refractivity contribution is 7.91. The Labute approximate surface area is 152 Å². The van der Waals surface area contributed by atoms with Gasteiger partial charge in [-0.1, -0.05) is 19.1 Å². The van der Waals surface area contributed by atoms with Gasteiger partial charge in [-0.2, -0.15) is 0 Å². The monoisotopic (exact) mass is 376 g/mol. The first-order valence-electron chi connectivity index (χ1n) is 7.93. The van der Waals surface area contributed by atoms with E-state index in [9.17, 15) is 23.1 Å². The molecule has 0 heterocycles. The minimum absolute atomic E-state index is 0.0323. The summed E-state index contributed by atoms with van der Waals surface area (Å²) >= 11 is 0. The predicted molar refractivity (Wildman–Crippen MR) is 98.9 cm³/mol. The van der Waals surface area contributed by atoms with E-state index in [-0.39, 0.29) is 34.4 Å². The number of carbonyl (C=O) groups is 2. The largest absolute Gasteiger partial charge is 0.506 e. The Morgan fingerprint density at radius 2 is 1.69 bits per heavy atom. The molecule has 2 amide bonds. The van der Waals surface area contributed by atoms with Gasteiger partial charge in [0.25, 0.3) is 0 Å². The Kier molecular flexibility index (Phi) is 5.99. The van der Waals surface area contributed by atoms with E-state index in [0.717, 1.165) is 0 Å². The quantitative estimate of drug-likeness (QED) is 0.670. The van der Waals surface area contributed by atoms with E-state index in [0.29, 0.717) is 11.3 Å². The first-order valence-corrected chi connectivity index (χ1v) is 9.58. The zero-order chi connectivity index (χ0) is 19.3. The number of phenolic OH excluding ortho intramolecular Hbond substituents is 1. The Hall–Kier alpha value is -2.87. The van der Waals surface area contributed by atoms with Crippen LogP contribution in [0.2, 0.25) is 0 Å². The van der Waals surface area contributed by atoms with Gasteiger partial charge in [-0.05, 0) is 35.9 Å². The van der Waals surface area contributed by atoms with Crippen molar-refractivity contribution in [2.24, 2.45) is 0 Å². The van der Waals surface area contributed by atoms with Gasteiger partial charge >= 0.3 is 0 Å². The second-order valence-electron chi connectivity index (χ2n) is 5.69. The fourth-order valence-corrected chi connectivity index (χ4v) is 3.17. The third-order valence-electron chi connectivity index (χ3n) is 3.62. The molecule has 2 rings (SSSR count). The molecule has 8 heteroatoms. The van der Waals surface area contributed by atoms with Gasteiger partial charge in [-0.25, -0.2) is 8.42 Å². The standard InChI is InChI=1S/C18H20N2O5S/c1-3-26(24,25)15-8-9-17(22)16(11-15)20-18(23)10-13-4-6-14(7-5-13)19-12(2)21/h4-9,11,22H,3,10H2,1-2H3,(H,19,21)(H,20,23). The van der Waals surface area contributed by atoms with Crippen molar-refractivity contribution < 1.29 is 23.1 Å². The summed E-state index contributed by atoms with van der Waals surface area (Å²) in [5.41, 5.74) is 1.37. The molecule has 0 bridgehead atoms. The lowest BCUT2D eigenvalue weighted by atomic mass is 10.1. The van der Waals surface area contributed by atoms with E-state index in [1.54, 1.807) is 24.3 Å². The highest BCUT2D eigenvalue weighted by Crippen LogP contribution is 2.27. The smallest absolute Gasteiger partial charge is 0.228 e. The molecule has 7 nitrogen and oxygen atoms in total. The van der Waals surface area contributed by atoms with Gasteiger partial charge < -0.3 is 15.7 Å². The molecule has 2 aromatic carbocycles. The van der Waals surface area contributed by atoms with Crippen molar-refractivity contribution in [1.29, 1.82) is 0 Å². The van der Waals surface area contributed by atoms with Crippen LogP contribution >= 0.6 is 0 Å². The molecule has 0 aliphatic carbocycles. The Balaban J connectivity index is 2.10. The first kappa shape index (κ1) is 19.5. The van der Waals surface area contributed by atoms with Crippen molar-refractivity contribution in [3.8, 4) is 5.75 Å². The molecule has 26 heavy (non-hydrogen) atoms. The summed E-state index contributed by atoms with van der Waals surface area (Å²) in [7, 11) is -3.44. The summed E-state index contributed by atoms with van der Waals surface area (Å²) in [6.07, 6.45) is 0.0323. The molecule has 3 N–H and O–H groups in total. The van der Waals surface area contributed by atoms with Crippen LogP contribution < -0.4 is 10.6 Å². The van der Waals surface area contributed by atoms with Crippen molar-refractivity contribution >= 4 is 33.0 Å². The zero-order valence-corrected chi connectivity index (χ0v) is 15.3. The molecule has 2 aromatic rings. The molecule has 0 saturated heterocycles. The minimum atomic E-state index is -3.44. The van der Waals surface area contributed by atoms with E-state index in [4.69, 9.17) is 0 Å². The lowest BCUT2D eigenvalue weighted by molar-refractivity contribution is -0.116. The fraction of sp³-hybridized carbons (Fsp3) is 0.222. The number of hydrogen-bond acceptors (Lipinski definition) is 5. The predicted octanol–water partition coefficient (Wildman–Crippen LogP) is 2.33. The highest BCUT2D eigenvalue weighted by Gasteiger charge is 2.15. The number of sulfone groups is 1. The SMILES string of the molecule is CCS(=O)(=O)c1ccc(O)c(NC(=O)Cc2ccc(NC(C)=O)cc2)c1. The van der Waals surface area contributed by atoms with Crippen molar-refractivity contribution in [2.45, 2.75) is 25.2 Å². The number of benzene rings is 2. The maximum absolute atomic E-state index is 12.2. The lowest BCUT2D eigenvalue weighted by Crippen LogP contribution is -2.15. The van der Waals surface area contributed by atoms with Gasteiger partial charge in [0.1, 0.15) is 5.75 Å². The molecule has 0 unspecified atom stereocenters. The average Bonchev–Trinajstić information content (AvgIpc) is 2.58. The summed E-state index contributed by atoms with van der Waals surface area (Å²) in [6, 6.07) is 10.5. The van der Waals surface area contributed by atoms with Gasteiger partial charge in [-0.3, -0.25) is 9.59 Å². The number of aromatic hydroxyl groups is 1. The molecule has 138 valence electrons. The molecule has 0 radical (unpaired) electrons. The van der Waals surface area contributed by atoms with E-state index < -0.39 is 15.7 Å². The van der Waals surface area contributed by atoms with E-state index in [1.165, 1.54) is 32.0 Å². The Bertz CT molecular complexity index is 921. The van der Waals surface area contributed by atoms with Crippen molar-refractivity contribution in [2.75, 3.05) is 16.4 Å². The first-order chi connectivity index (χ1) is 12.2. The van der Waals surface area contributed by atoms with Gasteiger partial charge in [0.05, 0.1) is 22.8 Å². The van der Waals surface area contributed by atoms with Crippen LogP contribution in [-0.2, 0) is 25.8 Å². The van der Waals surface area contributed by atoms with Crippen molar-refractivity contribution in [3.63, 3.8) is 0 Å². The second-order valence-corrected chi connectivity index (χ2v) is 7.96. The van der Waals surface area contributed by atoms with Crippen LogP contribution in [0.1, 0.15) is 19.4 Å². The fourth-order valence-electron chi connectivity index (χ4n) is 2.26. The number of amides is 2. The summed E-state index contributed by atoms with van der Waals surface area (Å²) in [6.45, 7) is 2.92. The normalized spacial score (nSPS) is 11.0. The second kappa shape index (κ2) is 8.01. The zero-order valence-electron chi connectivity index (χ0n) is 14.4. The summed E-state index contributed by atoms with van der Waals surface area (Å²) in [5, 5.41) is 15.0. The molecule has 0 saturated carbocycles. The molecule has 0 aromatic heterocycles. The van der Waals surface area contributed by atoms with Crippen LogP contribution in [-0.4, -0.2) is 31.1 Å². The topological polar surface area (TPSA) is 113 Å². The summed E-state index contributed by atoms with van der Waals surface area (Å²) < 4.78 is 23.9. The van der Waals surface area contributed by atoms with Crippen LogP contribution in [0.5, 0.6) is 5.75 Å². The van der Waals surface area contributed by atoms with Crippen LogP contribution in [0.15, 0.2) is 47.4 Å². The molecular formula is C18H20N2O5S. The number of nitrogens with one attached hydrogen (secondary N) is 2. The van der Waals surface area contributed by atoms with Gasteiger partial charge in [0.2, 0.25) is 11.8 Å². The number of phenols is 1. The molecule has 0 atom stereocenters. The lowest BCUT2D eigenvalue weighted by Gasteiger charge is -2.10. The highest BCUT2D eigenvalue weighted by atomic mass is 32.2. The van der Waals surface area contributed by atoms with Crippen LogP contribution in [0.4, 0.5) is 11.4 Å². The Morgan fingerprint density at radius 3 is 2.27 bits per heavy atom. The number of rotatable bonds is 6. The summed E-state index contributed by atoms with van der Waals surface area (Å²) in [5.74, 6) is -0.882. The third-order valence-corrected chi connectivity index (χ3v) is 5.35. The van der Waals surface area contributed by atoms with Crippen LogP contribution in [0.25, 0.3) is 0 Å². The number of carbonyl (C=O) groups excluding carboxylic acids is 2. The van der Waals surface area contributed by atoms with Crippen LogP contribution in [0, 0.1) is 0 Å². The summed E-state index contributed by atoms with van der Waals surface area (Å²) in [4.78, 5) is 23.2. The maximum atomic E-state index is 12.2. The molecular weight excluding hydrogens is 356 g/mol. The molecule has 0 aliphatic heterocycles. The average molecular weight is 376 g/mol. The minimum Gasteiger partial charge on any atom is -0.506 e. The van der Waals surface area contributed by atoms with Gasteiger partial charge in [-0.15, -0.1) is 0 Å². The van der Waals surface area contributed by atoms with Crippen molar-refractivity contribution in [3.05, 3.63) is 48.0 Å². The van der Waals surface area contributed by atoms with E-state index >= 15 is 0 Å².